The van der Waals surface area contributed by atoms with E-state index in [-0.39, 0.29) is 12.2 Å². The molecule has 0 saturated heterocycles. The summed E-state index contributed by atoms with van der Waals surface area (Å²) in [4.78, 5) is 11.3. The Hall–Kier alpha value is -2.57. The first-order chi connectivity index (χ1) is 7.27. The van der Waals surface area contributed by atoms with Crippen LogP contribution in [0.15, 0.2) is 24.3 Å². The van der Waals surface area contributed by atoms with E-state index in [2.05, 4.69) is 11.8 Å². The number of benzene rings is 1. The number of hydrogen-bond acceptors (Lipinski definition) is 3. The van der Waals surface area contributed by atoms with Crippen molar-refractivity contribution in [1.29, 1.82) is 10.5 Å². The molecule has 0 aliphatic heterocycles. The van der Waals surface area contributed by atoms with E-state index < -0.39 is 0 Å². The monoisotopic (exact) mass is 194 g/mol. The third-order valence-corrected chi connectivity index (χ3v) is 1.71. The zero-order valence-electron chi connectivity index (χ0n) is 7.82. The van der Waals surface area contributed by atoms with Gasteiger partial charge in [-0.15, -0.1) is 0 Å². The second kappa shape index (κ2) is 5.22. The molecule has 3 nitrogen and oxygen atoms in total. The smallest absolute Gasteiger partial charge is 0.176 e. The third-order valence-electron chi connectivity index (χ3n) is 1.71. The van der Waals surface area contributed by atoms with Gasteiger partial charge in [0, 0.05) is 17.0 Å². The average molecular weight is 194 g/mol. The summed E-state index contributed by atoms with van der Waals surface area (Å²) < 4.78 is 0. The van der Waals surface area contributed by atoms with Crippen molar-refractivity contribution in [3.8, 4) is 24.0 Å². The van der Waals surface area contributed by atoms with Gasteiger partial charge in [0.15, 0.2) is 11.9 Å². The van der Waals surface area contributed by atoms with Crippen molar-refractivity contribution < 1.29 is 4.79 Å². The van der Waals surface area contributed by atoms with Crippen molar-refractivity contribution in [2.75, 3.05) is 0 Å². The Balaban J connectivity index is 2.87. The van der Waals surface area contributed by atoms with Crippen LogP contribution in [0.4, 0.5) is 0 Å². The summed E-state index contributed by atoms with van der Waals surface area (Å²) in [5, 5.41) is 16.6. The van der Waals surface area contributed by atoms with E-state index in [1.165, 1.54) is 0 Å². The molecule has 1 rings (SSSR count). The van der Waals surface area contributed by atoms with Crippen molar-refractivity contribution in [3.05, 3.63) is 35.4 Å². The van der Waals surface area contributed by atoms with Crippen LogP contribution in [0.2, 0.25) is 0 Å². The van der Waals surface area contributed by atoms with E-state index >= 15 is 0 Å². The zero-order chi connectivity index (χ0) is 11.1. The van der Waals surface area contributed by atoms with Gasteiger partial charge in [-0.2, -0.15) is 10.5 Å². The van der Waals surface area contributed by atoms with Gasteiger partial charge in [-0.05, 0) is 12.1 Å². The van der Waals surface area contributed by atoms with Gasteiger partial charge in [0.2, 0.25) is 0 Å². The SMILES string of the molecule is N#CC#Cc1ccc(C(=O)CC#N)cc1. The van der Waals surface area contributed by atoms with E-state index in [0.717, 1.165) is 0 Å². The standard InChI is InChI=1S/C12H6N2O/c13-8-1-2-10-3-5-11(6-4-10)12(15)7-9-14/h3-6H,7H2. The Labute approximate surface area is 87.6 Å². The van der Waals surface area contributed by atoms with Crippen molar-refractivity contribution in [2.45, 2.75) is 6.42 Å². The molecule has 0 aromatic heterocycles. The zero-order valence-corrected chi connectivity index (χ0v) is 7.82. The van der Waals surface area contributed by atoms with Crippen LogP contribution in [0, 0.1) is 34.5 Å². The van der Waals surface area contributed by atoms with Gasteiger partial charge in [0.05, 0.1) is 12.5 Å². The Bertz CT molecular complexity index is 504. The molecule has 70 valence electrons. The molecule has 15 heavy (non-hydrogen) atoms. The highest BCUT2D eigenvalue weighted by Crippen LogP contribution is 2.05. The molecular weight excluding hydrogens is 188 g/mol. The Morgan fingerprint density at radius 2 is 1.87 bits per heavy atom. The minimum Gasteiger partial charge on any atom is -0.293 e. The van der Waals surface area contributed by atoms with E-state index in [9.17, 15) is 4.79 Å². The van der Waals surface area contributed by atoms with E-state index in [1.54, 1.807) is 36.4 Å². The van der Waals surface area contributed by atoms with Crippen molar-refractivity contribution in [3.63, 3.8) is 0 Å². The van der Waals surface area contributed by atoms with E-state index in [1.807, 2.05) is 0 Å². The molecule has 0 saturated carbocycles. The molecule has 0 aliphatic carbocycles. The molecule has 0 amide bonds. The van der Waals surface area contributed by atoms with E-state index in [4.69, 9.17) is 10.5 Å². The molecule has 3 heteroatoms. The molecule has 0 N–H and O–H groups in total. The lowest BCUT2D eigenvalue weighted by atomic mass is 10.1. The number of Topliss-reactive ketones (excluding diaryl/α,β-unsaturated/α-hetero) is 1. The highest BCUT2D eigenvalue weighted by molar-refractivity contribution is 5.97. The summed E-state index contributed by atoms with van der Waals surface area (Å²) >= 11 is 0. The first-order valence-corrected chi connectivity index (χ1v) is 4.18. The number of nitriles is 2. The minimum atomic E-state index is -0.211. The topological polar surface area (TPSA) is 64.7 Å². The molecule has 0 bridgehead atoms. The Kier molecular flexibility index (Phi) is 3.66. The second-order valence-electron chi connectivity index (χ2n) is 2.70. The average Bonchev–Trinajstić information content (AvgIpc) is 2.27. The number of hydrogen-bond donors (Lipinski definition) is 0. The molecule has 1 aromatic rings. The maximum atomic E-state index is 11.3. The minimum absolute atomic E-state index is 0.122. The van der Waals surface area contributed by atoms with Gasteiger partial charge < -0.3 is 0 Å². The third kappa shape index (κ3) is 2.99. The predicted octanol–water partition coefficient (Wildman–Crippen LogP) is 1.66. The lowest BCUT2D eigenvalue weighted by Crippen LogP contribution is -1.96. The summed E-state index contributed by atoms with van der Waals surface area (Å²) in [6.45, 7) is 0. The molecule has 0 atom stereocenters. The normalized spacial score (nSPS) is 7.87. The first-order valence-electron chi connectivity index (χ1n) is 4.18. The highest BCUT2D eigenvalue weighted by atomic mass is 16.1. The number of carbonyl (C=O) groups excluding carboxylic acids is 1. The van der Waals surface area contributed by atoms with Crippen LogP contribution < -0.4 is 0 Å². The van der Waals surface area contributed by atoms with Crippen molar-refractivity contribution in [2.24, 2.45) is 0 Å². The van der Waals surface area contributed by atoms with Crippen molar-refractivity contribution in [1.82, 2.24) is 0 Å². The number of rotatable bonds is 2. The van der Waals surface area contributed by atoms with Gasteiger partial charge in [0.1, 0.15) is 0 Å². The van der Waals surface area contributed by atoms with Crippen LogP contribution in [0.5, 0.6) is 0 Å². The summed E-state index contributed by atoms with van der Waals surface area (Å²) in [6.07, 6.45) is -0.122. The van der Waals surface area contributed by atoms with E-state index in [0.29, 0.717) is 11.1 Å². The second-order valence-corrected chi connectivity index (χ2v) is 2.70. The van der Waals surface area contributed by atoms with Crippen LogP contribution in [-0.4, -0.2) is 5.78 Å². The number of carbonyl (C=O) groups is 1. The first kappa shape index (κ1) is 10.5. The fourth-order valence-corrected chi connectivity index (χ4v) is 1.01. The van der Waals surface area contributed by atoms with Crippen LogP contribution in [0.1, 0.15) is 22.3 Å². The lowest BCUT2D eigenvalue weighted by molar-refractivity contribution is 0.0998. The molecule has 0 fully saturated rings. The highest BCUT2D eigenvalue weighted by Gasteiger charge is 2.03. The van der Waals surface area contributed by atoms with Crippen LogP contribution in [-0.2, 0) is 0 Å². The molecule has 1 aromatic carbocycles. The summed E-state index contributed by atoms with van der Waals surface area (Å²) in [6, 6.07) is 9.99. The Morgan fingerprint density at radius 3 is 2.40 bits per heavy atom. The largest absolute Gasteiger partial charge is 0.293 e. The number of nitrogens with zero attached hydrogens (tertiary/aromatic N) is 2. The molecule has 0 heterocycles. The molecule has 0 spiro atoms. The summed E-state index contributed by atoms with van der Waals surface area (Å²) in [5.74, 6) is 4.65. The Morgan fingerprint density at radius 1 is 1.20 bits per heavy atom. The fourth-order valence-electron chi connectivity index (χ4n) is 1.01. The van der Waals surface area contributed by atoms with Gasteiger partial charge in [0.25, 0.3) is 0 Å². The summed E-state index contributed by atoms with van der Waals surface area (Å²) in [7, 11) is 0. The van der Waals surface area contributed by atoms with Crippen LogP contribution in [0.25, 0.3) is 0 Å². The lowest BCUT2D eigenvalue weighted by Gasteiger charge is -1.95. The maximum Gasteiger partial charge on any atom is 0.176 e. The summed E-state index contributed by atoms with van der Waals surface area (Å²) in [5.41, 5.74) is 1.16. The fraction of sp³-hybridized carbons (Fsp3) is 0.0833. The van der Waals surface area contributed by atoms with Crippen molar-refractivity contribution >= 4 is 5.78 Å². The number of ketones is 1. The van der Waals surface area contributed by atoms with Gasteiger partial charge >= 0.3 is 0 Å². The molecule has 0 aliphatic rings. The molecule has 0 unspecified atom stereocenters. The van der Waals surface area contributed by atoms with Gasteiger partial charge in [-0.3, -0.25) is 4.79 Å². The molecule has 0 radical (unpaired) electrons. The van der Waals surface area contributed by atoms with Crippen LogP contribution in [0.3, 0.4) is 0 Å². The van der Waals surface area contributed by atoms with Crippen LogP contribution >= 0.6 is 0 Å². The van der Waals surface area contributed by atoms with Gasteiger partial charge in [-0.1, -0.05) is 18.1 Å². The quantitative estimate of drug-likeness (QED) is 0.531. The van der Waals surface area contributed by atoms with Gasteiger partial charge in [-0.25, -0.2) is 0 Å². The molecular formula is C12H6N2O. The maximum absolute atomic E-state index is 11.3. The predicted molar refractivity (Wildman–Crippen MR) is 53.5 cm³/mol.